The molecule has 0 unspecified atom stereocenters. The van der Waals surface area contributed by atoms with Crippen LogP contribution in [0.25, 0.3) is 16.8 Å². The third-order valence-corrected chi connectivity index (χ3v) is 6.24. The molecule has 0 radical (unpaired) electrons. The van der Waals surface area contributed by atoms with E-state index in [0.29, 0.717) is 5.52 Å². The van der Waals surface area contributed by atoms with E-state index in [1.165, 1.54) is 37.3 Å². The van der Waals surface area contributed by atoms with Crippen LogP contribution in [0, 0.1) is 23.0 Å². The number of imidazole rings is 1. The maximum Gasteiger partial charge on any atom is 0.271 e. The van der Waals surface area contributed by atoms with Crippen LogP contribution in [-0.4, -0.2) is 47.8 Å². The van der Waals surface area contributed by atoms with Crippen LogP contribution in [0.15, 0.2) is 48.0 Å². The van der Waals surface area contributed by atoms with Crippen molar-refractivity contribution in [1.82, 2.24) is 24.7 Å². The van der Waals surface area contributed by atoms with Crippen LogP contribution in [0.5, 0.6) is 5.88 Å². The summed E-state index contributed by atoms with van der Waals surface area (Å²) < 4.78 is 64.2. The molecular formula is C21H15F2N7O4S. The summed E-state index contributed by atoms with van der Waals surface area (Å²) in [4.78, 5) is 23.2. The number of carbonyl (C=O) groups is 1. The van der Waals surface area contributed by atoms with Gasteiger partial charge in [0.2, 0.25) is 5.88 Å². The molecule has 14 heteroatoms. The lowest BCUT2D eigenvalue weighted by Crippen LogP contribution is -2.18. The standard InChI is InChI=1S/C21H15F2N7O4S/c1-25-20(31)19-15-8-26-14(9-30(15)10-28-19)17-12(22)3-4-13(18(17)23)29-35(32,33)16-5-11(6-24)7-27-21(16)34-2/h3-5,7-10,29H,1-2H3,(H,25,31). The Morgan fingerprint density at radius 3 is 2.66 bits per heavy atom. The number of ether oxygens (including phenoxy) is 1. The number of nitrogens with zero attached hydrogens (tertiary/aromatic N) is 5. The Kier molecular flexibility index (Phi) is 6.01. The fraction of sp³-hybridized carbons (Fsp3) is 0.0952. The number of rotatable bonds is 6. The molecule has 0 aliphatic rings. The van der Waals surface area contributed by atoms with Crippen LogP contribution in [0.4, 0.5) is 14.5 Å². The number of nitrogens with one attached hydrogen (secondary N) is 2. The highest BCUT2D eigenvalue weighted by atomic mass is 32.2. The molecule has 1 amide bonds. The molecular weight excluding hydrogens is 484 g/mol. The first kappa shape index (κ1) is 23.5. The molecule has 4 rings (SSSR count). The van der Waals surface area contributed by atoms with E-state index >= 15 is 4.39 Å². The lowest BCUT2D eigenvalue weighted by Gasteiger charge is -2.14. The Morgan fingerprint density at radius 2 is 1.97 bits per heavy atom. The molecule has 0 saturated heterocycles. The van der Waals surface area contributed by atoms with E-state index < -0.39 is 43.7 Å². The van der Waals surface area contributed by atoms with Gasteiger partial charge in [0.05, 0.1) is 41.3 Å². The Balaban J connectivity index is 1.78. The summed E-state index contributed by atoms with van der Waals surface area (Å²) in [5.41, 5.74) is -1.08. The van der Waals surface area contributed by atoms with Gasteiger partial charge in [0.1, 0.15) is 18.2 Å². The highest BCUT2D eigenvalue weighted by Crippen LogP contribution is 2.32. The highest BCUT2D eigenvalue weighted by Gasteiger charge is 2.26. The minimum Gasteiger partial charge on any atom is -0.480 e. The Hall–Kier alpha value is -4.64. The van der Waals surface area contributed by atoms with Gasteiger partial charge < -0.3 is 14.5 Å². The molecule has 2 N–H and O–H groups in total. The summed E-state index contributed by atoms with van der Waals surface area (Å²) in [6.07, 6.45) is 4.85. The number of anilines is 1. The Morgan fingerprint density at radius 1 is 1.20 bits per heavy atom. The zero-order valence-corrected chi connectivity index (χ0v) is 18.9. The second-order valence-electron chi connectivity index (χ2n) is 6.97. The molecule has 0 saturated carbocycles. The number of sulfonamides is 1. The van der Waals surface area contributed by atoms with Gasteiger partial charge in [-0.05, 0) is 18.2 Å². The smallest absolute Gasteiger partial charge is 0.271 e. The van der Waals surface area contributed by atoms with Crippen LogP contribution in [0.1, 0.15) is 16.1 Å². The molecule has 4 aromatic rings. The van der Waals surface area contributed by atoms with Crippen molar-refractivity contribution < 1.29 is 26.7 Å². The number of benzene rings is 1. The third-order valence-electron chi connectivity index (χ3n) is 4.88. The first-order chi connectivity index (χ1) is 16.7. The monoisotopic (exact) mass is 499 g/mol. The van der Waals surface area contributed by atoms with Crippen molar-refractivity contribution in [2.24, 2.45) is 0 Å². The first-order valence-corrected chi connectivity index (χ1v) is 11.2. The molecule has 178 valence electrons. The predicted molar refractivity (Wildman–Crippen MR) is 118 cm³/mol. The van der Waals surface area contributed by atoms with Crippen molar-refractivity contribution in [3.8, 4) is 23.2 Å². The lowest BCUT2D eigenvalue weighted by atomic mass is 10.1. The van der Waals surface area contributed by atoms with Crippen molar-refractivity contribution >= 4 is 27.1 Å². The van der Waals surface area contributed by atoms with E-state index in [-0.39, 0.29) is 22.8 Å². The van der Waals surface area contributed by atoms with E-state index in [0.717, 1.165) is 24.4 Å². The van der Waals surface area contributed by atoms with Gasteiger partial charge in [-0.15, -0.1) is 0 Å². The van der Waals surface area contributed by atoms with Crippen molar-refractivity contribution in [2.45, 2.75) is 4.90 Å². The van der Waals surface area contributed by atoms with Gasteiger partial charge >= 0.3 is 0 Å². The number of hydrogen-bond donors (Lipinski definition) is 2. The van der Waals surface area contributed by atoms with E-state index in [1.54, 1.807) is 6.07 Å². The summed E-state index contributed by atoms with van der Waals surface area (Å²) in [5, 5.41) is 11.5. The molecule has 11 nitrogen and oxygen atoms in total. The van der Waals surface area contributed by atoms with Crippen LogP contribution < -0.4 is 14.8 Å². The number of fused-ring (bicyclic) bond motifs is 1. The normalized spacial score (nSPS) is 11.2. The first-order valence-electron chi connectivity index (χ1n) is 9.70. The maximum atomic E-state index is 15.4. The molecule has 1 aromatic carbocycles. The highest BCUT2D eigenvalue weighted by molar-refractivity contribution is 7.92. The largest absolute Gasteiger partial charge is 0.480 e. The van der Waals surface area contributed by atoms with Crippen molar-refractivity contribution in [3.05, 3.63) is 66.0 Å². The minimum absolute atomic E-state index is 0.0659. The van der Waals surface area contributed by atoms with Crippen molar-refractivity contribution in [3.63, 3.8) is 0 Å². The third kappa shape index (κ3) is 4.20. The molecule has 3 aromatic heterocycles. The number of aromatic nitrogens is 4. The zero-order chi connectivity index (χ0) is 25.3. The van der Waals surface area contributed by atoms with Crippen LogP contribution in [0.2, 0.25) is 0 Å². The number of amides is 1. The Labute approximate surface area is 197 Å². The van der Waals surface area contributed by atoms with Crippen LogP contribution in [-0.2, 0) is 10.0 Å². The predicted octanol–water partition coefficient (Wildman–Crippen LogP) is 2.11. The van der Waals surface area contributed by atoms with Gasteiger partial charge in [-0.25, -0.2) is 27.2 Å². The van der Waals surface area contributed by atoms with Crippen molar-refractivity contribution in [1.29, 1.82) is 5.26 Å². The summed E-state index contributed by atoms with van der Waals surface area (Å²) in [7, 11) is -1.89. The molecule has 0 fully saturated rings. The van der Waals surface area contributed by atoms with Gasteiger partial charge in [0.25, 0.3) is 15.9 Å². The minimum atomic E-state index is -4.50. The molecule has 0 spiro atoms. The second-order valence-corrected chi connectivity index (χ2v) is 8.62. The number of hydrogen-bond acceptors (Lipinski definition) is 8. The molecule has 3 heterocycles. The maximum absolute atomic E-state index is 15.4. The van der Waals surface area contributed by atoms with E-state index in [4.69, 9.17) is 10.00 Å². The van der Waals surface area contributed by atoms with Gasteiger partial charge in [-0.2, -0.15) is 5.26 Å². The van der Waals surface area contributed by atoms with Gasteiger partial charge in [-0.3, -0.25) is 14.5 Å². The van der Waals surface area contributed by atoms with Gasteiger partial charge in [0.15, 0.2) is 16.4 Å². The molecule has 35 heavy (non-hydrogen) atoms. The number of nitriles is 1. The molecule has 0 aliphatic heterocycles. The van der Waals surface area contributed by atoms with Gasteiger partial charge in [0, 0.05) is 19.4 Å². The molecule has 0 bridgehead atoms. The second kappa shape index (κ2) is 8.95. The van der Waals surface area contributed by atoms with Crippen molar-refractivity contribution in [2.75, 3.05) is 18.9 Å². The lowest BCUT2D eigenvalue weighted by molar-refractivity contribution is 0.0960. The summed E-state index contributed by atoms with van der Waals surface area (Å²) in [6.45, 7) is 0. The SMILES string of the molecule is CNC(=O)c1ncn2cc(-c3c(F)ccc(NS(=O)(=O)c4cc(C#N)cnc4OC)c3F)ncc12. The number of carbonyl (C=O) groups excluding carboxylic acids is 1. The van der Waals surface area contributed by atoms with Gasteiger partial charge in [-0.1, -0.05) is 0 Å². The molecule has 0 atom stereocenters. The van der Waals surface area contributed by atoms with E-state index in [2.05, 4.69) is 20.3 Å². The van der Waals surface area contributed by atoms with E-state index in [1.807, 2.05) is 4.72 Å². The van der Waals surface area contributed by atoms with Crippen LogP contribution in [0.3, 0.4) is 0 Å². The zero-order valence-electron chi connectivity index (χ0n) is 18.1. The topological polar surface area (TPSA) is 151 Å². The van der Waals surface area contributed by atoms with E-state index in [9.17, 15) is 17.6 Å². The average molecular weight is 499 g/mol. The fourth-order valence-electron chi connectivity index (χ4n) is 3.22. The summed E-state index contributed by atoms with van der Waals surface area (Å²) in [5.74, 6) is -3.04. The Bertz CT molecular complexity index is 1630. The summed E-state index contributed by atoms with van der Waals surface area (Å²) >= 11 is 0. The fourth-order valence-corrected chi connectivity index (χ4v) is 4.43. The summed E-state index contributed by atoms with van der Waals surface area (Å²) in [6, 6.07) is 4.54. The quantitative estimate of drug-likeness (QED) is 0.409. The number of pyridine rings is 1. The molecule has 0 aliphatic carbocycles. The number of methoxy groups -OCH3 is 1. The van der Waals surface area contributed by atoms with Crippen LogP contribution >= 0.6 is 0 Å². The number of halogens is 2. The average Bonchev–Trinajstić information content (AvgIpc) is 3.28.